The van der Waals surface area contributed by atoms with Gasteiger partial charge in [-0.15, -0.1) is 0 Å². The summed E-state index contributed by atoms with van der Waals surface area (Å²) >= 11 is 0. The Morgan fingerprint density at radius 2 is 2.00 bits per heavy atom. The van der Waals surface area contributed by atoms with E-state index in [1.807, 2.05) is 0 Å². The first-order valence-electron chi connectivity index (χ1n) is 5.55. The van der Waals surface area contributed by atoms with Crippen LogP contribution in [-0.2, 0) is 23.6 Å². The van der Waals surface area contributed by atoms with Gasteiger partial charge in [-0.25, -0.2) is 18.1 Å². The van der Waals surface area contributed by atoms with Gasteiger partial charge in [0.25, 0.3) is 0 Å². The van der Waals surface area contributed by atoms with E-state index in [4.69, 9.17) is 5.84 Å². The Morgan fingerprint density at radius 3 is 2.53 bits per heavy atom. The summed E-state index contributed by atoms with van der Waals surface area (Å²) in [5.74, 6) is 5.86. The molecule has 102 valence electrons. The number of hydrogen-bond donors (Lipinski definition) is 3. The molecule has 0 saturated carbocycles. The first kappa shape index (κ1) is 13.5. The van der Waals surface area contributed by atoms with Crippen LogP contribution in [0.3, 0.4) is 0 Å². The normalized spacial score (nSPS) is 11.5. The van der Waals surface area contributed by atoms with Crippen LogP contribution >= 0.6 is 0 Å². The molecular formula is C11H15N5O2S. The largest absolute Gasteiger partial charge is 0.337 e. The molecule has 0 saturated heterocycles. The lowest BCUT2D eigenvalue weighted by Gasteiger charge is -2.07. The average Bonchev–Trinajstić information content (AvgIpc) is 2.82. The second-order valence-electron chi connectivity index (χ2n) is 3.95. The van der Waals surface area contributed by atoms with E-state index in [1.54, 1.807) is 36.1 Å². The molecule has 7 nitrogen and oxygen atoms in total. The Morgan fingerprint density at radius 1 is 1.32 bits per heavy atom. The summed E-state index contributed by atoms with van der Waals surface area (Å²) in [6.45, 7) is 0.142. The zero-order valence-electron chi connectivity index (χ0n) is 10.4. The molecule has 0 radical (unpaired) electrons. The van der Waals surface area contributed by atoms with Crippen molar-refractivity contribution in [3.8, 4) is 0 Å². The van der Waals surface area contributed by atoms with Crippen LogP contribution in [0.1, 0.15) is 5.82 Å². The molecule has 0 aliphatic rings. The van der Waals surface area contributed by atoms with Gasteiger partial charge in [-0.05, 0) is 24.3 Å². The molecule has 0 aliphatic carbocycles. The van der Waals surface area contributed by atoms with Crippen molar-refractivity contribution in [2.75, 3.05) is 5.43 Å². The molecule has 0 atom stereocenters. The topological polar surface area (TPSA) is 102 Å². The number of hydrazine groups is 1. The molecule has 0 aliphatic heterocycles. The first-order valence-corrected chi connectivity index (χ1v) is 7.04. The maximum atomic E-state index is 12.0. The van der Waals surface area contributed by atoms with E-state index in [2.05, 4.69) is 15.1 Å². The third kappa shape index (κ3) is 3.11. The SMILES string of the molecule is Cn1ccnc1CNS(=O)(=O)c1ccc(NN)cc1. The number of nitrogens with two attached hydrogens (primary N) is 1. The lowest BCUT2D eigenvalue weighted by atomic mass is 10.3. The van der Waals surface area contributed by atoms with Crippen molar-refractivity contribution in [1.82, 2.24) is 14.3 Å². The molecule has 0 spiro atoms. The van der Waals surface area contributed by atoms with Crippen LogP contribution in [0.15, 0.2) is 41.6 Å². The van der Waals surface area contributed by atoms with E-state index in [0.29, 0.717) is 11.5 Å². The highest BCUT2D eigenvalue weighted by Crippen LogP contribution is 2.13. The monoisotopic (exact) mass is 281 g/mol. The number of nitrogens with one attached hydrogen (secondary N) is 2. The van der Waals surface area contributed by atoms with Crippen molar-refractivity contribution in [2.45, 2.75) is 11.4 Å². The summed E-state index contributed by atoms with van der Waals surface area (Å²) in [5.41, 5.74) is 3.08. The number of hydrogen-bond acceptors (Lipinski definition) is 5. The highest BCUT2D eigenvalue weighted by molar-refractivity contribution is 7.89. The summed E-state index contributed by atoms with van der Waals surface area (Å²) in [7, 11) is -1.75. The summed E-state index contributed by atoms with van der Waals surface area (Å²) in [4.78, 5) is 4.23. The van der Waals surface area contributed by atoms with E-state index >= 15 is 0 Å². The highest BCUT2D eigenvalue weighted by Gasteiger charge is 2.14. The van der Waals surface area contributed by atoms with Crippen molar-refractivity contribution in [1.29, 1.82) is 0 Å². The summed E-state index contributed by atoms with van der Waals surface area (Å²) in [5, 5.41) is 0. The van der Waals surface area contributed by atoms with Gasteiger partial charge < -0.3 is 9.99 Å². The van der Waals surface area contributed by atoms with Crippen LogP contribution in [0.25, 0.3) is 0 Å². The number of aryl methyl sites for hydroxylation is 1. The van der Waals surface area contributed by atoms with Gasteiger partial charge in [-0.1, -0.05) is 0 Å². The minimum absolute atomic E-state index is 0.142. The number of imidazole rings is 1. The third-order valence-electron chi connectivity index (χ3n) is 2.67. The highest BCUT2D eigenvalue weighted by atomic mass is 32.2. The molecule has 19 heavy (non-hydrogen) atoms. The van der Waals surface area contributed by atoms with Gasteiger partial charge in [0, 0.05) is 25.1 Å². The molecule has 8 heteroatoms. The Balaban J connectivity index is 2.11. The fraction of sp³-hybridized carbons (Fsp3) is 0.182. The third-order valence-corrected chi connectivity index (χ3v) is 4.09. The smallest absolute Gasteiger partial charge is 0.240 e. The predicted octanol–water partition coefficient (Wildman–Crippen LogP) is 0.184. The average molecular weight is 281 g/mol. The fourth-order valence-corrected chi connectivity index (χ4v) is 2.52. The van der Waals surface area contributed by atoms with Crippen LogP contribution < -0.4 is 16.0 Å². The maximum Gasteiger partial charge on any atom is 0.240 e. The number of anilines is 1. The minimum Gasteiger partial charge on any atom is -0.337 e. The molecule has 1 aromatic carbocycles. The van der Waals surface area contributed by atoms with Crippen molar-refractivity contribution >= 4 is 15.7 Å². The van der Waals surface area contributed by atoms with Crippen LogP contribution in [0, 0.1) is 0 Å². The number of nitrogens with zero attached hydrogens (tertiary/aromatic N) is 2. The Kier molecular flexibility index (Phi) is 3.84. The lowest BCUT2D eigenvalue weighted by Crippen LogP contribution is -2.24. The van der Waals surface area contributed by atoms with Gasteiger partial charge >= 0.3 is 0 Å². The Hall–Kier alpha value is -1.90. The molecule has 0 fully saturated rings. The summed E-state index contributed by atoms with van der Waals surface area (Å²) in [6.07, 6.45) is 3.37. The van der Waals surface area contributed by atoms with Crippen LogP contribution in [-0.4, -0.2) is 18.0 Å². The van der Waals surface area contributed by atoms with Crippen molar-refractivity contribution < 1.29 is 8.42 Å². The lowest BCUT2D eigenvalue weighted by molar-refractivity contribution is 0.577. The van der Waals surface area contributed by atoms with E-state index in [1.165, 1.54) is 12.1 Å². The number of nitrogen functional groups attached to an aromatic ring is 1. The quantitative estimate of drug-likeness (QED) is 0.536. The van der Waals surface area contributed by atoms with Crippen molar-refractivity contribution in [3.05, 3.63) is 42.5 Å². The van der Waals surface area contributed by atoms with Crippen LogP contribution in [0.4, 0.5) is 5.69 Å². The van der Waals surface area contributed by atoms with Gasteiger partial charge in [0.1, 0.15) is 5.82 Å². The molecular weight excluding hydrogens is 266 g/mol. The molecule has 2 aromatic rings. The molecule has 1 heterocycles. The minimum atomic E-state index is -3.55. The van der Waals surface area contributed by atoms with Gasteiger partial charge in [-0.3, -0.25) is 5.84 Å². The van der Waals surface area contributed by atoms with Crippen molar-refractivity contribution in [2.24, 2.45) is 12.9 Å². The molecule has 0 unspecified atom stereocenters. The molecule has 2 rings (SSSR count). The Labute approximate surface area is 111 Å². The number of aromatic nitrogens is 2. The Bertz CT molecular complexity index is 648. The molecule has 1 aromatic heterocycles. The predicted molar refractivity (Wildman–Crippen MR) is 71.5 cm³/mol. The second-order valence-corrected chi connectivity index (χ2v) is 5.71. The fourth-order valence-electron chi connectivity index (χ4n) is 1.54. The number of rotatable bonds is 5. The zero-order valence-corrected chi connectivity index (χ0v) is 11.2. The van der Waals surface area contributed by atoms with Gasteiger partial charge in [-0.2, -0.15) is 0 Å². The molecule has 0 bridgehead atoms. The van der Waals surface area contributed by atoms with Gasteiger partial charge in [0.2, 0.25) is 10.0 Å². The number of benzene rings is 1. The van der Waals surface area contributed by atoms with E-state index in [0.717, 1.165) is 0 Å². The molecule has 4 N–H and O–H groups in total. The van der Waals surface area contributed by atoms with Crippen LogP contribution in [0.2, 0.25) is 0 Å². The second kappa shape index (κ2) is 5.39. The zero-order chi connectivity index (χ0) is 13.9. The summed E-state index contributed by atoms with van der Waals surface area (Å²) < 4.78 is 28.3. The standard InChI is InChI=1S/C11H15N5O2S/c1-16-7-6-13-11(16)8-14-19(17,18)10-4-2-9(15-12)3-5-10/h2-7,14-15H,8,12H2,1H3. The first-order chi connectivity index (χ1) is 9.03. The summed E-state index contributed by atoms with van der Waals surface area (Å²) in [6, 6.07) is 6.15. The van der Waals surface area contributed by atoms with Gasteiger partial charge in [0.05, 0.1) is 11.4 Å². The van der Waals surface area contributed by atoms with E-state index in [-0.39, 0.29) is 11.4 Å². The molecule has 0 amide bonds. The maximum absolute atomic E-state index is 12.0. The van der Waals surface area contributed by atoms with Crippen LogP contribution in [0.5, 0.6) is 0 Å². The van der Waals surface area contributed by atoms with Crippen molar-refractivity contribution in [3.63, 3.8) is 0 Å². The van der Waals surface area contributed by atoms with Gasteiger partial charge in [0.15, 0.2) is 0 Å². The van der Waals surface area contributed by atoms with E-state index in [9.17, 15) is 8.42 Å². The number of sulfonamides is 1. The van der Waals surface area contributed by atoms with E-state index < -0.39 is 10.0 Å².